The summed E-state index contributed by atoms with van der Waals surface area (Å²) in [6, 6.07) is 12.1. The Hall–Kier alpha value is -2.20. The maximum atomic E-state index is 12.3. The Bertz CT molecular complexity index is 879. The minimum Gasteiger partial charge on any atom is -0.495 e. The Morgan fingerprint density at radius 2 is 2.04 bits per heavy atom. The number of benzene rings is 2. The Balaban J connectivity index is 2.18. The molecule has 2 N–H and O–H groups in total. The molecule has 0 unspecified atom stereocenters. The monoisotopic (exact) mass is 439 g/mol. The van der Waals surface area contributed by atoms with Gasteiger partial charge in [-0.05, 0) is 24.3 Å². The smallest absolute Gasteiger partial charge is 0.267 e. The van der Waals surface area contributed by atoms with E-state index in [0.29, 0.717) is 10.8 Å². The lowest BCUT2D eigenvalue weighted by atomic mass is 10.2. The molecule has 1 amide bonds. The zero-order valence-corrected chi connectivity index (χ0v) is 16.0. The number of ether oxygens (including phenoxy) is 1. The van der Waals surface area contributed by atoms with Gasteiger partial charge in [0.05, 0.1) is 22.8 Å². The summed E-state index contributed by atoms with van der Waals surface area (Å²) in [6.07, 6.45) is 1.32. The number of anilines is 2. The molecule has 2 rings (SSSR count). The number of amides is 1. The molecule has 5 nitrogen and oxygen atoms in total. The van der Waals surface area contributed by atoms with Crippen molar-refractivity contribution in [1.29, 1.82) is 5.26 Å². The highest BCUT2D eigenvalue weighted by molar-refractivity contribution is 9.10. The summed E-state index contributed by atoms with van der Waals surface area (Å²) in [5.74, 6) is -0.257. The normalized spacial score (nSPS) is 10.8. The van der Waals surface area contributed by atoms with Crippen LogP contribution in [-0.4, -0.2) is 13.0 Å². The third-order valence-electron chi connectivity index (χ3n) is 3.06. The first-order chi connectivity index (χ1) is 11.9. The van der Waals surface area contributed by atoms with Gasteiger partial charge in [-0.1, -0.05) is 45.2 Å². The molecule has 0 aliphatic rings. The number of carbonyl (C=O) groups excluding carboxylic acids is 1. The molecule has 2 aromatic carbocycles. The Morgan fingerprint density at radius 1 is 1.28 bits per heavy atom. The summed E-state index contributed by atoms with van der Waals surface area (Å²) < 4.78 is 5.96. The predicted octanol–water partition coefficient (Wildman–Crippen LogP) is 5.22. The summed E-state index contributed by atoms with van der Waals surface area (Å²) in [6.45, 7) is 0. The van der Waals surface area contributed by atoms with Crippen LogP contribution in [0.5, 0.6) is 5.75 Å². The van der Waals surface area contributed by atoms with Gasteiger partial charge in [-0.2, -0.15) is 5.26 Å². The van der Waals surface area contributed by atoms with Crippen LogP contribution < -0.4 is 15.4 Å². The summed E-state index contributed by atoms with van der Waals surface area (Å²) >= 11 is 15.4. The van der Waals surface area contributed by atoms with Crippen molar-refractivity contribution >= 4 is 56.4 Å². The number of nitrogens with zero attached hydrogens (tertiary/aromatic N) is 1. The van der Waals surface area contributed by atoms with Crippen molar-refractivity contribution in [1.82, 2.24) is 0 Å². The molecule has 0 atom stereocenters. The molecule has 0 saturated heterocycles. The number of methoxy groups -OCH3 is 1. The third kappa shape index (κ3) is 5.13. The van der Waals surface area contributed by atoms with Crippen LogP contribution >= 0.6 is 39.1 Å². The summed E-state index contributed by atoms with van der Waals surface area (Å²) in [7, 11) is 1.45. The summed E-state index contributed by atoms with van der Waals surface area (Å²) in [4.78, 5) is 12.3. The van der Waals surface area contributed by atoms with E-state index in [0.717, 1.165) is 10.2 Å². The average Bonchev–Trinajstić information content (AvgIpc) is 2.58. The first-order valence-corrected chi connectivity index (χ1v) is 8.46. The van der Waals surface area contributed by atoms with Crippen molar-refractivity contribution in [2.75, 3.05) is 17.7 Å². The van der Waals surface area contributed by atoms with Gasteiger partial charge in [0.25, 0.3) is 5.91 Å². The second-order valence-electron chi connectivity index (χ2n) is 4.75. The van der Waals surface area contributed by atoms with Gasteiger partial charge in [0, 0.05) is 22.4 Å². The first kappa shape index (κ1) is 19.1. The zero-order valence-electron chi connectivity index (χ0n) is 12.9. The van der Waals surface area contributed by atoms with Crippen LogP contribution in [0.2, 0.25) is 10.0 Å². The van der Waals surface area contributed by atoms with Crippen LogP contribution in [-0.2, 0) is 4.79 Å². The second-order valence-corrected chi connectivity index (χ2v) is 6.48. The predicted molar refractivity (Wildman–Crippen MR) is 103 cm³/mol. The maximum absolute atomic E-state index is 12.3. The Labute approximate surface area is 163 Å². The third-order valence-corrected chi connectivity index (χ3v) is 4.16. The van der Waals surface area contributed by atoms with Crippen molar-refractivity contribution in [3.05, 3.63) is 62.7 Å². The van der Waals surface area contributed by atoms with Crippen LogP contribution in [0, 0.1) is 11.3 Å². The van der Waals surface area contributed by atoms with Crippen molar-refractivity contribution in [2.24, 2.45) is 0 Å². The number of carbonyl (C=O) groups is 1. The van der Waals surface area contributed by atoms with E-state index >= 15 is 0 Å². The Morgan fingerprint density at radius 3 is 2.68 bits per heavy atom. The quantitative estimate of drug-likeness (QED) is 0.493. The van der Waals surface area contributed by atoms with E-state index < -0.39 is 5.91 Å². The van der Waals surface area contributed by atoms with Gasteiger partial charge in [-0.25, -0.2) is 0 Å². The fourth-order valence-electron chi connectivity index (χ4n) is 1.85. The second kappa shape index (κ2) is 8.77. The Kier molecular flexibility index (Phi) is 6.71. The standard InChI is InChI=1S/C17H12BrCl2N3O2/c1-25-16-7-15(13(19)6-14(16)20)23-17(24)10(8-21)9-22-12-4-2-3-11(18)5-12/h2-7,9,22H,1H3,(H,23,24). The van der Waals surface area contributed by atoms with E-state index in [9.17, 15) is 10.1 Å². The van der Waals surface area contributed by atoms with Gasteiger partial charge in [-0.3, -0.25) is 4.79 Å². The van der Waals surface area contributed by atoms with Gasteiger partial charge < -0.3 is 15.4 Å². The fourth-order valence-corrected chi connectivity index (χ4v) is 2.76. The van der Waals surface area contributed by atoms with Crippen LogP contribution in [0.1, 0.15) is 0 Å². The van der Waals surface area contributed by atoms with E-state index in [1.54, 1.807) is 6.07 Å². The summed E-state index contributed by atoms with van der Waals surface area (Å²) in [5.41, 5.74) is 0.891. The number of nitriles is 1. The molecule has 0 bridgehead atoms. The number of hydrogen-bond acceptors (Lipinski definition) is 4. The van der Waals surface area contributed by atoms with Crippen LogP contribution in [0.3, 0.4) is 0 Å². The van der Waals surface area contributed by atoms with Crippen molar-refractivity contribution < 1.29 is 9.53 Å². The zero-order chi connectivity index (χ0) is 18.4. The molecule has 0 spiro atoms. The van der Waals surface area contributed by atoms with E-state index in [2.05, 4.69) is 26.6 Å². The first-order valence-electron chi connectivity index (χ1n) is 6.91. The van der Waals surface area contributed by atoms with Gasteiger partial charge in [0.15, 0.2) is 0 Å². The maximum Gasteiger partial charge on any atom is 0.267 e. The molecule has 0 heterocycles. The van der Waals surface area contributed by atoms with Gasteiger partial charge >= 0.3 is 0 Å². The molecule has 25 heavy (non-hydrogen) atoms. The van der Waals surface area contributed by atoms with Crippen LogP contribution in [0.15, 0.2) is 52.6 Å². The highest BCUT2D eigenvalue weighted by Crippen LogP contribution is 2.34. The fraction of sp³-hybridized carbons (Fsp3) is 0.0588. The molecule has 0 radical (unpaired) electrons. The highest BCUT2D eigenvalue weighted by Gasteiger charge is 2.14. The molecular formula is C17H12BrCl2N3O2. The molecule has 2 aromatic rings. The number of nitrogens with one attached hydrogen (secondary N) is 2. The van der Waals surface area contributed by atoms with E-state index in [-0.39, 0.29) is 16.3 Å². The van der Waals surface area contributed by atoms with Crippen molar-refractivity contribution in [3.8, 4) is 11.8 Å². The minimum atomic E-state index is -0.615. The molecule has 0 aliphatic carbocycles. The lowest BCUT2D eigenvalue weighted by Gasteiger charge is -2.10. The topological polar surface area (TPSA) is 74.1 Å². The van der Waals surface area contributed by atoms with Gasteiger partial charge in [0.1, 0.15) is 17.4 Å². The average molecular weight is 441 g/mol. The lowest BCUT2D eigenvalue weighted by Crippen LogP contribution is -2.15. The van der Waals surface area contributed by atoms with E-state index in [1.807, 2.05) is 24.3 Å². The molecule has 0 aliphatic heterocycles. The summed E-state index contributed by atoms with van der Waals surface area (Å²) in [5, 5.41) is 15.2. The SMILES string of the molecule is COc1cc(NC(=O)C(C#N)=CNc2cccc(Br)c2)c(Cl)cc1Cl. The molecule has 128 valence electrons. The van der Waals surface area contributed by atoms with Crippen LogP contribution in [0.25, 0.3) is 0 Å². The van der Waals surface area contributed by atoms with Gasteiger partial charge in [-0.15, -0.1) is 0 Å². The number of hydrogen-bond donors (Lipinski definition) is 2. The lowest BCUT2D eigenvalue weighted by molar-refractivity contribution is -0.112. The molecule has 0 fully saturated rings. The number of rotatable bonds is 5. The highest BCUT2D eigenvalue weighted by atomic mass is 79.9. The van der Waals surface area contributed by atoms with E-state index in [4.69, 9.17) is 27.9 Å². The van der Waals surface area contributed by atoms with E-state index in [1.165, 1.54) is 25.4 Å². The van der Waals surface area contributed by atoms with Crippen molar-refractivity contribution in [3.63, 3.8) is 0 Å². The largest absolute Gasteiger partial charge is 0.495 e. The molecule has 0 saturated carbocycles. The molecular weight excluding hydrogens is 429 g/mol. The minimum absolute atomic E-state index is 0.120. The van der Waals surface area contributed by atoms with Crippen molar-refractivity contribution in [2.45, 2.75) is 0 Å². The molecule has 0 aromatic heterocycles. The van der Waals surface area contributed by atoms with Crippen LogP contribution in [0.4, 0.5) is 11.4 Å². The molecule has 8 heteroatoms. The number of halogens is 3. The van der Waals surface area contributed by atoms with Gasteiger partial charge in [0.2, 0.25) is 0 Å².